The minimum absolute atomic E-state index is 0.0955. The smallest absolute Gasteiger partial charge is 0.404 e. The van der Waals surface area contributed by atoms with Crippen LogP contribution < -0.4 is 4.74 Å². The molecule has 0 aliphatic rings. The fourth-order valence-electron chi connectivity index (χ4n) is 1.54. The van der Waals surface area contributed by atoms with Gasteiger partial charge in [0.15, 0.2) is 0 Å². The number of halogens is 3. The van der Waals surface area contributed by atoms with Crippen molar-refractivity contribution in [1.29, 1.82) is 0 Å². The van der Waals surface area contributed by atoms with E-state index in [-0.39, 0.29) is 5.56 Å². The first-order chi connectivity index (χ1) is 7.91. The average molecular weight is 246 g/mol. The summed E-state index contributed by atoms with van der Waals surface area (Å²) in [5, 5.41) is 9.10. The molecule has 0 heterocycles. The van der Waals surface area contributed by atoms with Crippen molar-refractivity contribution >= 4 is 0 Å². The Kier molecular flexibility index (Phi) is 3.83. The molecule has 0 aliphatic heterocycles. The second-order valence-corrected chi connectivity index (χ2v) is 3.56. The highest BCUT2D eigenvalue weighted by Gasteiger charge is 2.53. The Labute approximate surface area is 97.3 Å². The van der Waals surface area contributed by atoms with Gasteiger partial charge in [-0.15, -0.1) is 6.58 Å². The molecule has 0 saturated heterocycles. The Morgan fingerprint density at radius 3 is 2.47 bits per heavy atom. The van der Waals surface area contributed by atoms with E-state index in [0.29, 0.717) is 11.8 Å². The molecule has 1 aromatic carbocycles. The summed E-state index contributed by atoms with van der Waals surface area (Å²) >= 11 is 0. The van der Waals surface area contributed by atoms with Crippen LogP contribution >= 0.6 is 0 Å². The zero-order valence-electron chi connectivity index (χ0n) is 9.29. The van der Waals surface area contributed by atoms with E-state index in [0.717, 1.165) is 0 Å². The van der Waals surface area contributed by atoms with Gasteiger partial charge in [0.1, 0.15) is 11.2 Å². The molecule has 5 heteroatoms. The molecule has 0 radical (unpaired) electrons. The fourth-order valence-corrected chi connectivity index (χ4v) is 1.54. The van der Waals surface area contributed by atoms with Gasteiger partial charge in [-0.3, -0.25) is 0 Å². The van der Waals surface area contributed by atoms with Crippen molar-refractivity contribution in [2.45, 2.75) is 11.6 Å². The third kappa shape index (κ3) is 2.29. The topological polar surface area (TPSA) is 29.5 Å². The summed E-state index contributed by atoms with van der Waals surface area (Å²) < 4.78 is 43.9. The van der Waals surface area contributed by atoms with E-state index in [2.05, 4.69) is 6.58 Å². The Bertz CT molecular complexity index is 401. The van der Waals surface area contributed by atoms with E-state index < -0.39 is 18.2 Å². The summed E-state index contributed by atoms with van der Waals surface area (Å²) in [6.45, 7) is 2.09. The van der Waals surface area contributed by atoms with Gasteiger partial charge in [0.05, 0.1) is 13.7 Å². The van der Waals surface area contributed by atoms with Crippen molar-refractivity contribution in [3.63, 3.8) is 0 Å². The van der Waals surface area contributed by atoms with Gasteiger partial charge in [0, 0.05) is 0 Å². The van der Waals surface area contributed by atoms with Crippen LogP contribution in [0.2, 0.25) is 0 Å². The number of benzene rings is 1. The van der Waals surface area contributed by atoms with E-state index in [1.165, 1.54) is 31.4 Å². The minimum atomic E-state index is -4.62. The van der Waals surface area contributed by atoms with E-state index in [9.17, 15) is 13.2 Å². The molecule has 0 fully saturated rings. The maximum absolute atomic E-state index is 13.0. The first-order valence-corrected chi connectivity index (χ1v) is 4.87. The van der Waals surface area contributed by atoms with Crippen LogP contribution in [0.3, 0.4) is 0 Å². The monoisotopic (exact) mass is 246 g/mol. The lowest BCUT2D eigenvalue weighted by Gasteiger charge is -2.31. The van der Waals surface area contributed by atoms with E-state index in [1.807, 2.05) is 0 Å². The molecule has 0 saturated carbocycles. The predicted octanol–water partition coefficient (Wildman–Crippen LogP) is 2.67. The standard InChI is InChI=1S/C12H13F3O2/c1-3-11(8-16,12(13,14)15)9-5-4-6-10(7-9)17-2/h3-7,16H,1,8H2,2H3/t11-/m0/s1. The van der Waals surface area contributed by atoms with Gasteiger partial charge in [-0.2, -0.15) is 13.2 Å². The molecule has 94 valence electrons. The van der Waals surface area contributed by atoms with Crippen molar-refractivity contribution in [2.75, 3.05) is 13.7 Å². The Morgan fingerprint density at radius 1 is 1.41 bits per heavy atom. The number of hydrogen-bond acceptors (Lipinski definition) is 2. The minimum Gasteiger partial charge on any atom is -0.497 e. The summed E-state index contributed by atoms with van der Waals surface area (Å²) in [5.74, 6) is 0.298. The summed E-state index contributed by atoms with van der Waals surface area (Å²) in [5.41, 5.74) is -2.55. The van der Waals surface area contributed by atoms with Crippen molar-refractivity contribution in [3.05, 3.63) is 42.5 Å². The van der Waals surface area contributed by atoms with E-state index in [1.54, 1.807) is 0 Å². The van der Waals surface area contributed by atoms with Crippen molar-refractivity contribution in [2.24, 2.45) is 0 Å². The summed E-state index contributed by atoms with van der Waals surface area (Å²) in [6, 6.07) is 5.50. The SMILES string of the molecule is C=C[C@](CO)(c1cccc(OC)c1)C(F)(F)F. The van der Waals surface area contributed by atoms with Gasteiger partial charge in [0.2, 0.25) is 0 Å². The highest BCUT2D eigenvalue weighted by Crippen LogP contribution is 2.42. The van der Waals surface area contributed by atoms with Crippen molar-refractivity contribution < 1.29 is 23.0 Å². The second-order valence-electron chi connectivity index (χ2n) is 3.56. The highest BCUT2D eigenvalue weighted by atomic mass is 19.4. The lowest BCUT2D eigenvalue weighted by molar-refractivity contribution is -0.185. The maximum Gasteiger partial charge on any atom is 0.404 e. The number of aliphatic hydroxyl groups excluding tert-OH is 1. The third-order valence-electron chi connectivity index (χ3n) is 2.69. The van der Waals surface area contributed by atoms with E-state index in [4.69, 9.17) is 9.84 Å². The Hall–Kier alpha value is -1.49. The highest BCUT2D eigenvalue weighted by molar-refractivity contribution is 5.38. The molecule has 0 unspecified atom stereocenters. The third-order valence-corrected chi connectivity index (χ3v) is 2.69. The Morgan fingerprint density at radius 2 is 2.06 bits per heavy atom. The molecular weight excluding hydrogens is 233 g/mol. The summed E-state index contributed by atoms with van der Waals surface area (Å²) in [7, 11) is 1.36. The summed E-state index contributed by atoms with van der Waals surface area (Å²) in [4.78, 5) is 0. The van der Waals surface area contributed by atoms with Gasteiger partial charge in [-0.25, -0.2) is 0 Å². The molecule has 0 aromatic heterocycles. The predicted molar refractivity (Wildman–Crippen MR) is 58.0 cm³/mol. The molecule has 0 amide bonds. The summed E-state index contributed by atoms with van der Waals surface area (Å²) in [6.07, 6.45) is -3.91. The van der Waals surface area contributed by atoms with Gasteiger partial charge in [-0.05, 0) is 17.7 Å². The quantitative estimate of drug-likeness (QED) is 0.828. The zero-order chi connectivity index (χ0) is 13.1. The fraction of sp³-hybridized carbons (Fsp3) is 0.333. The van der Waals surface area contributed by atoms with Crippen LogP contribution in [0.25, 0.3) is 0 Å². The molecule has 0 bridgehead atoms. The van der Waals surface area contributed by atoms with Crippen molar-refractivity contribution in [3.8, 4) is 5.75 Å². The largest absolute Gasteiger partial charge is 0.497 e. The number of aliphatic hydroxyl groups is 1. The number of hydrogen-bond donors (Lipinski definition) is 1. The lowest BCUT2D eigenvalue weighted by Crippen LogP contribution is -2.43. The molecular formula is C12H13F3O2. The Balaban J connectivity index is 3.36. The molecule has 0 aliphatic carbocycles. The van der Waals surface area contributed by atoms with Gasteiger partial charge in [-0.1, -0.05) is 18.2 Å². The molecule has 1 aromatic rings. The molecule has 1 rings (SSSR count). The molecule has 1 N–H and O–H groups in total. The molecule has 2 nitrogen and oxygen atoms in total. The zero-order valence-corrected chi connectivity index (χ0v) is 9.29. The first-order valence-electron chi connectivity index (χ1n) is 4.87. The van der Waals surface area contributed by atoms with Crippen LogP contribution in [0.15, 0.2) is 36.9 Å². The second kappa shape index (κ2) is 4.79. The van der Waals surface area contributed by atoms with Crippen LogP contribution in [0.1, 0.15) is 5.56 Å². The van der Waals surface area contributed by atoms with Crippen LogP contribution in [0.4, 0.5) is 13.2 Å². The normalized spacial score (nSPS) is 15.1. The number of ether oxygens (including phenoxy) is 1. The van der Waals surface area contributed by atoms with Crippen LogP contribution in [-0.2, 0) is 5.41 Å². The maximum atomic E-state index is 13.0. The van der Waals surface area contributed by atoms with Crippen LogP contribution in [-0.4, -0.2) is 25.0 Å². The average Bonchev–Trinajstić information content (AvgIpc) is 2.30. The van der Waals surface area contributed by atoms with Gasteiger partial charge >= 0.3 is 6.18 Å². The molecule has 17 heavy (non-hydrogen) atoms. The van der Waals surface area contributed by atoms with Crippen LogP contribution in [0.5, 0.6) is 5.75 Å². The molecule has 1 atom stereocenters. The van der Waals surface area contributed by atoms with Crippen molar-refractivity contribution in [1.82, 2.24) is 0 Å². The van der Waals surface area contributed by atoms with Gasteiger partial charge < -0.3 is 9.84 Å². The van der Waals surface area contributed by atoms with Crippen LogP contribution in [0, 0.1) is 0 Å². The number of methoxy groups -OCH3 is 1. The molecule has 0 spiro atoms. The van der Waals surface area contributed by atoms with Gasteiger partial charge in [0.25, 0.3) is 0 Å². The number of rotatable bonds is 4. The lowest BCUT2D eigenvalue weighted by atomic mass is 9.80. The van der Waals surface area contributed by atoms with E-state index >= 15 is 0 Å². The first kappa shape index (κ1) is 13.6. The number of alkyl halides is 3.